The number of likely N-dealkylation sites (tertiary alicyclic amines) is 1. The third-order valence-corrected chi connectivity index (χ3v) is 6.61. The van der Waals surface area contributed by atoms with Crippen LogP contribution in [-0.2, 0) is 11.8 Å². The van der Waals surface area contributed by atoms with Crippen LogP contribution in [0.1, 0.15) is 30.1 Å². The molecule has 1 fully saturated rings. The molecule has 4 N–H and O–H groups in total. The van der Waals surface area contributed by atoms with Gasteiger partial charge in [-0.15, -0.1) is 0 Å². The first-order valence-corrected chi connectivity index (χ1v) is 12.4. The molecule has 0 atom stereocenters. The first kappa shape index (κ1) is 26.6. The molecule has 0 bridgehead atoms. The molecule has 1 aliphatic rings. The van der Waals surface area contributed by atoms with Crippen molar-refractivity contribution in [2.75, 3.05) is 31.2 Å². The van der Waals surface area contributed by atoms with E-state index < -0.39 is 0 Å². The van der Waals surface area contributed by atoms with Crippen LogP contribution >= 0.6 is 0 Å². The van der Waals surface area contributed by atoms with Crippen molar-refractivity contribution in [3.05, 3.63) is 76.6 Å². The number of nitrogen functional groups attached to an aromatic ring is 1. The van der Waals surface area contributed by atoms with Gasteiger partial charge < -0.3 is 20.5 Å². The average molecular weight is 513 g/mol. The zero-order valence-corrected chi connectivity index (χ0v) is 21.9. The summed E-state index contributed by atoms with van der Waals surface area (Å²) in [6.45, 7) is 7.91. The number of carbonyl (C=O) groups excluding carboxylic acids is 2. The highest BCUT2D eigenvalue weighted by molar-refractivity contribution is 6.09. The largest absolute Gasteiger partial charge is 0.382 e. The van der Waals surface area contributed by atoms with Crippen molar-refractivity contribution in [1.29, 1.82) is 0 Å². The maximum atomic E-state index is 12.6. The fraction of sp³-hybridized carbons (Fsp3) is 0.241. The normalized spacial score (nSPS) is 13.1. The number of benzene rings is 2. The van der Waals surface area contributed by atoms with E-state index in [-0.39, 0.29) is 17.3 Å². The fourth-order valence-electron chi connectivity index (χ4n) is 4.59. The lowest BCUT2D eigenvalue weighted by atomic mass is 9.97. The van der Waals surface area contributed by atoms with Crippen LogP contribution in [0.5, 0.6) is 0 Å². The molecule has 1 amide bonds. The molecular weight excluding hydrogens is 480 g/mol. The first-order chi connectivity index (χ1) is 18.2. The molecule has 0 aliphatic carbocycles. The minimum absolute atomic E-state index is 0.196. The van der Waals surface area contributed by atoms with Crippen LogP contribution in [0, 0.1) is 0 Å². The van der Waals surface area contributed by atoms with Crippen molar-refractivity contribution in [3.63, 3.8) is 0 Å². The summed E-state index contributed by atoms with van der Waals surface area (Å²) in [6, 6.07) is 14.3. The highest BCUT2D eigenvalue weighted by Crippen LogP contribution is 2.41. The highest BCUT2D eigenvalue weighted by atomic mass is 16.1. The zero-order valence-electron chi connectivity index (χ0n) is 21.9. The number of anilines is 2. The van der Waals surface area contributed by atoms with Crippen molar-refractivity contribution in [2.45, 2.75) is 19.8 Å². The van der Waals surface area contributed by atoms with Gasteiger partial charge in [-0.25, -0.2) is 5.10 Å². The average Bonchev–Trinajstić information content (AvgIpc) is 3.52. The van der Waals surface area contributed by atoms with Gasteiger partial charge in [0.15, 0.2) is 5.82 Å². The quantitative estimate of drug-likeness (QED) is 0.272. The maximum Gasteiger partial charge on any atom is 0.288 e. The van der Waals surface area contributed by atoms with Crippen LogP contribution < -0.4 is 16.6 Å². The number of nitrogens with two attached hydrogens (primary N) is 1. The Kier molecular flexibility index (Phi) is 7.87. The number of amides is 1. The predicted molar refractivity (Wildman–Crippen MR) is 152 cm³/mol. The summed E-state index contributed by atoms with van der Waals surface area (Å²) in [5.41, 5.74) is 10.9. The number of H-pyrrole nitrogens is 1. The molecule has 9 heteroatoms. The molecule has 1 aliphatic heterocycles. The summed E-state index contributed by atoms with van der Waals surface area (Å²) >= 11 is 0. The Morgan fingerprint density at radius 3 is 2.18 bits per heavy atom. The molecule has 0 unspecified atom stereocenters. The molecule has 5 rings (SSSR count). The van der Waals surface area contributed by atoms with Gasteiger partial charge in [-0.1, -0.05) is 43.0 Å². The first-order valence-electron chi connectivity index (χ1n) is 12.4. The van der Waals surface area contributed by atoms with E-state index in [1.165, 1.54) is 25.9 Å². The molecule has 0 saturated carbocycles. The van der Waals surface area contributed by atoms with E-state index in [0.717, 1.165) is 28.7 Å². The van der Waals surface area contributed by atoms with Crippen LogP contribution in [0.15, 0.2) is 65.5 Å². The van der Waals surface area contributed by atoms with Gasteiger partial charge in [-0.3, -0.25) is 14.4 Å². The van der Waals surface area contributed by atoms with Crippen LogP contribution in [-0.4, -0.2) is 52.0 Å². The van der Waals surface area contributed by atoms with E-state index in [1.807, 2.05) is 24.3 Å². The Balaban J connectivity index is 0.000000494. The van der Waals surface area contributed by atoms with Gasteiger partial charge in [0.25, 0.3) is 11.5 Å². The summed E-state index contributed by atoms with van der Waals surface area (Å²) in [4.78, 5) is 38.0. The lowest BCUT2D eigenvalue weighted by Gasteiger charge is -2.11. The molecule has 0 spiro atoms. The van der Waals surface area contributed by atoms with E-state index in [0.29, 0.717) is 27.7 Å². The molecular formula is C29H32N6O3. The van der Waals surface area contributed by atoms with E-state index >= 15 is 0 Å². The summed E-state index contributed by atoms with van der Waals surface area (Å²) < 4.78 is 1.77. The number of hydrogen-bond acceptors (Lipinski definition) is 6. The van der Waals surface area contributed by atoms with Crippen molar-refractivity contribution in [1.82, 2.24) is 19.7 Å². The summed E-state index contributed by atoms with van der Waals surface area (Å²) in [7, 11) is 3.96. The van der Waals surface area contributed by atoms with E-state index in [9.17, 15) is 14.4 Å². The molecule has 1 saturated heterocycles. The topological polar surface area (TPSA) is 126 Å². The van der Waals surface area contributed by atoms with Crippen LogP contribution in [0.4, 0.5) is 11.5 Å². The fourth-order valence-corrected chi connectivity index (χ4v) is 4.59. The second-order valence-electron chi connectivity index (χ2n) is 9.51. The predicted octanol–water partition coefficient (Wildman–Crippen LogP) is 4.22. The van der Waals surface area contributed by atoms with Gasteiger partial charge in [-0.05, 0) is 63.2 Å². The molecule has 196 valence electrons. The van der Waals surface area contributed by atoms with Gasteiger partial charge in [0.2, 0.25) is 0 Å². The van der Waals surface area contributed by atoms with E-state index in [1.54, 1.807) is 42.8 Å². The number of fused-ring (bicyclic) bond motifs is 1. The van der Waals surface area contributed by atoms with Gasteiger partial charge in [0, 0.05) is 29.4 Å². The number of aryl methyl sites for hydroxylation is 1. The van der Waals surface area contributed by atoms with Crippen LogP contribution in [0.3, 0.4) is 0 Å². The van der Waals surface area contributed by atoms with E-state index in [4.69, 9.17) is 5.73 Å². The monoisotopic (exact) mass is 512 g/mol. The number of aldehydes is 1. The smallest absolute Gasteiger partial charge is 0.288 e. The van der Waals surface area contributed by atoms with Crippen molar-refractivity contribution >= 4 is 34.6 Å². The molecule has 3 heterocycles. The Hall–Kier alpha value is -4.50. The lowest BCUT2D eigenvalue weighted by Crippen LogP contribution is -2.13. The van der Waals surface area contributed by atoms with Gasteiger partial charge in [0.05, 0.1) is 11.1 Å². The van der Waals surface area contributed by atoms with Crippen LogP contribution in [0.25, 0.3) is 33.3 Å². The summed E-state index contributed by atoms with van der Waals surface area (Å²) in [5, 5.41) is 9.69. The number of hydrogen-bond donors (Lipinski definition) is 3. The zero-order chi connectivity index (χ0) is 27.4. The molecule has 38 heavy (non-hydrogen) atoms. The molecule has 4 aromatic rings. The number of aromatic nitrogens is 3. The lowest BCUT2D eigenvalue weighted by molar-refractivity contribution is -0.112. The minimum Gasteiger partial charge on any atom is -0.382 e. The number of nitrogens with zero attached hydrogens (tertiary/aromatic N) is 3. The summed E-state index contributed by atoms with van der Waals surface area (Å²) in [6.07, 6.45) is 3.60. The van der Waals surface area contributed by atoms with Crippen LogP contribution in [0.2, 0.25) is 0 Å². The Morgan fingerprint density at radius 1 is 1.05 bits per heavy atom. The van der Waals surface area contributed by atoms with Gasteiger partial charge in [-0.2, -0.15) is 5.10 Å². The third-order valence-electron chi connectivity index (χ3n) is 6.61. The Morgan fingerprint density at radius 2 is 1.66 bits per heavy atom. The standard InChI is InChI=1S/C24H21N5O3.C5H11N/c1-13(2)23(31)26-17-10-8-16(9-11-17)20-18(15-6-4-14(12-30)5-7-15)19-21(29(20)3)24(32)28-27-22(19)25;1-6-4-2-3-5-6/h4-12H,1H2,2-3H3,(H2,25,27)(H,26,31)(H,28,32);2-5H2,1H3. The number of rotatable bonds is 5. The number of carbonyl (C=O) groups is 2. The molecule has 2 aromatic carbocycles. The summed E-state index contributed by atoms with van der Waals surface area (Å²) in [5.74, 6) is -0.0649. The van der Waals surface area contributed by atoms with E-state index in [2.05, 4.69) is 34.0 Å². The third kappa shape index (κ3) is 5.42. The van der Waals surface area contributed by atoms with Gasteiger partial charge in [0.1, 0.15) is 11.8 Å². The SMILES string of the molecule is C=C(C)C(=O)Nc1ccc(-c2c(-c3ccc(C=O)cc3)c3c(N)n[nH]c(=O)c3n2C)cc1.CN1CCCC1. The Labute approximate surface area is 221 Å². The van der Waals surface area contributed by atoms with Crippen molar-refractivity contribution < 1.29 is 9.59 Å². The Bertz CT molecular complexity index is 1540. The molecule has 0 radical (unpaired) electrons. The van der Waals surface area contributed by atoms with Crippen molar-refractivity contribution in [2.24, 2.45) is 7.05 Å². The molecule has 9 nitrogen and oxygen atoms in total. The minimum atomic E-state index is -0.362. The second-order valence-corrected chi connectivity index (χ2v) is 9.51. The molecule has 2 aromatic heterocycles. The van der Waals surface area contributed by atoms with Gasteiger partial charge >= 0.3 is 0 Å². The maximum absolute atomic E-state index is 12.6. The second kappa shape index (κ2) is 11.3. The highest BCUT2D eigenvalue weighted by Gasteiger charge is 2.23. The number of nitrogens with one attached hydrogen (secondary N) is 2. The number of aromatic amines is 1. The van der Waals surface area contributed by atoms with Crippen molar-refractivity contribution in [3.8, 4) is 22.4 Å².